The summed E-state index contributed by atoms with van der Waals surface area (Å²) in [5.41, 5.74) is 7.04. The average Bonchev–Trinajstić information content (AvgIpc) is 2.31. The molecule has 0 bridgehead atoms. The number of anilines is 1. The van der Waals surface area contributed by atoms with Crippen LogP contribution in [0.15, 0.2) is 18.2 Å². The van der Waals surface area contributed by atoms with Gasteiger partial charge in [0.15, 0.2) is 6.10 Å². The SMILES string of the molecule is CCCC(OC(=O)c1cc(N)ccc1C)C(=O)O. The predicted molar refractivity (Wildman–Crippen MR) is 67.3 cm³/mol. The molecule has 1 atom stereocenters. The number of carbonyl (C=O) groups excluding carboxylic acids is 1. The fourth-order valence-corrected chi connectivity index (χ4v) is 1.55. The minimum atomic E-state index is -1.13. The monoisotopic (exact) mass is 251 g/mol. The van der Waals surface area contributed by atoms with Gasteiger partial charge in [-0.3, -0.25) is 0 Å². The number of hydrogen-bond acceptors (Lipinski definition) is 4. The Balaban J connectivity index is 2.86. The van der Waals surface area contributed by atoms with Gasteiger partial charge in [-0.25, -0.2) is 9.59 Å². The van der Waals surface area contributed by atoms with Gasteiger partial charge in [0, 0.05) is 5.69 Å². The fraction of sp³-hybridized carbons (Fsp3) is 0.385. The zero-order valence-electron chi connectivity index (χ0n) is 10.5. The van der Waals surface area contributed by atoms with E-state index >= 15 is 0 Å². The van der Waals surface area contributed by atoms with Gasteiger partial charge in [0.05, 0.1) is 5.56 Å². The Hall–Kier alpha value is -2.04. The average molecular weight is 251 g/mol. The summed E-state index contributed by atoms with van der Waals surface area (Å²) < 4.78 is 4.98. The fourth-order valence-electron chi connectivity index (χ4n) is 1.55. The first kappa shape index (κ1) is 14.0. The lowest BCUT2D eigenvalue weighted by atomic mass is 10.1. The second-order valence-electron chi connectivity index (χ2n) is 4.10. The number of esters is 1. The number of benzene rings is 1. The summed E-state index contributed by atoms with van der Waals surface area (Å²) in [4.78, 5) is 22.8. The zero-order chi connectivity index (χ0) is 13.7. The van der Waals surface area contributed by atoms with Gasteiger partial charge in [0.2, 0.25) is 0 Å². The largest absolute Gasteiger partial charge is 0.479 e. The van der Waals surface area contributed by atoms with Crippen LogP contribution in [0.3, 0.4) is 0 Å². The van der Waals surface area contributed by atoms with Gasteiger partial charge in [-0.1, -0.05) is 19.4 Å². The van der Waals surface area contributed by atoms with Crippen LogP contribution in [0.1, 0.15) is 35.7 Å². The maximum absolute atomic E-state index is 11.9. The van der Waals surface area contributed by atoms with E-state index in [1.165, 1.54) is 6.07 Å². The third-order valence-electron chi connectivity index (χ3n) is 2.56. The number of hydrogen-bond donors (Lipinski definition) is 2. The molecule has 5 heteroatoms. The second kappa shape index (κ2) is 6.05. The molecule has 1 unspecified atom stereocenters. The first-order chi connectivity index (χ1) is 8.45. The van der Waals surface area contributed by atoms with E-state index in [1.54, 1.807) is 19.1 Å². The zero-order valence-corrected chi connectivity index (χ0v) is 10.5. The van der Waals surface area contributed by atoms with E-state index in [-0.39, 0.29) is 0 Å². The van der Waals surface area contributed by atoms with Gasteiger partial charge in [-0.05, 0) is 31.0 Å². The van der Waals surface area contributed by atoms with Gasteiger partial charge < -0.3 is 15.6 Å². The van der Waals surface area contributed by atoms with Gasteiger partial charge in [0.1, 0.15) is 0 Å². The minimum Gasteiger partial charge on any atom is -0.479 e. The van der Waals surface area contributed by atoms with Crippen LogP contribution in [-0.4, -0.2) is 23.1 Å². The Morgan fingerprint density at radius 3 is 2.67 bits per heavy atom. The molecule has 0 saturated heterocycles. The third kappa shape index (κ3) is 3.48. The van der Waals surface area contributed by atoms with E-state index in [0.29, 0.717) is 29.7 Å². The van der Waals surface area contributed by atoms with Crippen molar-refractivity contribution >= 4 is 17.6 Å². The number of carboxylic acids is 1. The molecule has 3 N–H and O–H groups in total. The lowest BCUT2D eigenvalue weighted by Crippen LogP contribution is -2.27. The summed E-state index contributed by atoms with van der Waals surface area (Å²) in [6.07, 6.45) is -0.189. The number of carboxylic acid groups (broad SMARTS) is 1. The van der Waals surface area contributed by atoms with Crippen LogP contribution in [0.5, 0.6) is 0 Å². The molecule has 98 valence electrons. The summed E-state index contributed by atoms with van der Waals surface area (Å²) in [5, 5.41) is 8.92. The number of nitrogen functional groups attached to an aromatic ring is 1. The second-order valence-corrected chi connectivity index (χ2v) is 4.10. The highest BCUT2D eigenvalue weighted by molar-refractivity contribution is 5.93. The first-order valence-corrected chi connectivity index (χ1v) is 5.75. The molecular weight excluding hydrogens is 234 g/mol. The van der Waals surface area contributed by atoms with Crippen LogP contribution in [0.2, 0.25) is 0 Å². The molecule has 0 aliphatic carbocycles. The number of aryl methyl sites for hydroxylation is 1. The molecule has 0 saturated carbocycles. The summed E-state index contributed by atoms with van der Waals surface area (Å²) in [7, 11) is 0. The third-order valence-corrected chi connectivity index (χ3v) is 2.56. The smallest absolute Gasteiger partial charge is 0.345 e. The van der Waals surface area contributed by atoms with E-state index < -0.39 is 18.0 Å². The Kier molecular flexibility index (Phi) is 4.71. The van der Waals surface area contributed by atoms with Gasteiger partial charge >= 0.3 is 11.9 Å². The van der Waals surface area contributed by atoms with Crippen LogP contribution >= 0.6 is 0 Å². The number of carbonyl (C=O) groups is 2. The van der Waals surface area contributed by atoms with Crippen LogP contribution in [0.4, 0.5) is 5.69 Å². The van der Waals surface area contributed by atoms with Gasteiger partial charge in [-0.15, -0.1) is 0 Å². The molecule has 5 nitrogen and oxygen atoms in total. The summed E-state index contributed by atoms with van der Waals surface area (Å²) in [6, 6.07) is 4.86. The molecule has 18 heavy (non-hydrogen) atoms. The van der Waals surface area contributed by atoms with Crippen molar-refractivity contribution in [2.45, 2.75) is 32.8 Å². The molecule has 1 aromatic rings. The van der Waals surface area contributed by atoms with E-state index in [4.69, 9.17) is 15.6 Å². The summed E-state index contributed by atoms with van der Waals surface area (Å²) in [6.45, 7) is 3.57. The quantitative estimate of drug-likeness (QED) is 0.617. The lowest BCUT2D eigenvalue weighted by molar-refractivity contribution is -0.147. The summed E-state index contributed by atoms with van der Waals surface area (Å²) >= 11 is 0. The number of rotatable bonds is 5. The highest BCUT2D eigenvalue weighted by atomic mass is 16.6. The van der Waals surface area contributed by atoms with Crippen molar-refractivity contribution in [1.29, 1.82) is 0 Å². The molecule has 0 radical (unpaired) electrons. The minimum absolute atomic E-state index is 0.294. The van der Waals surface area contributed by atoms with Crippen LogP contribution in [0, 0.1) is 6.92 Å². The normalized spacial score (nSPS) is 11.9. The van der Waals surface area contributed by atoms with Crippen molar-refractivity contribution in [2.24, 2.45) is 0 Å². The van der Waals surface area contributed by atoms with E-state index in [0.717, 1.165) is 0 Å². The molecule has 0 spiro atoms. The molecule has 0 aliphatic heterocycles. The van der Waals surface area contributed by atoms with Crippen molar-refractivity contribution in [2.75, 3.05) is 5.73 Å². The molecule has 0 aromatic heterocycles. The van der Waals surface area contributed by atoms with Crippen LogP contribution < -0.4 is 5.73 Å². The number of nitrogens with two attached hydrogens (primary N) is 1. The molecule has 1 aromatic carbocycles. The van der Waals surface area contributed by atoms with Crippen molar-refractivity contribution in [3.05, 3.63) is 29.3 Å². The Bertz CT molecular complexity index is 456. The van der Waals surface area contributed by atoms with Gasteiger partial charge in [-0.2, -0.15) is 0 Å². The van der Waals surface area contributed by atoms with E-state index in [1.807, 2.05) is 6.92 Å². The Labute approximate surface area is 106 Å². The van der Waals surface area contributed by atoms with E-state index in [9.17, 15) is 9.59 Å². The van der Waals surface area contributed by atoms with Crippen LogP contribution in [0.25, 0.3) is 0 Å². The lowest BCUT2D eigenvalue weighted by Gasteiger charge is -2.14. The topological polar surface area (TPSA) is 89.6 Å². The van der Waals surface area contributed by atoms with Crippen molar-refractivity contribution < 1.29 is 19.4 Å². The highest BCUT2D eigenvalue weighted by Crippen LogP contribution is 2.15. The summed E-state index contributed by atoms with van der Waals surface area (Å²) in [5.74, 6) is -1.78. The van der Waals surface area contributed by atoms with Crippen LogP contribution in [-0.2, 0) is 9.53 Å². The molecular formula is C13H17NO4. The van der Waals surface area contributed by atoms with Crippen molar-refractivity contribution in [3.63, 3.8) is 0 Å². The molecule has 0 heterocycles. The van der Waals surface area contributed by atoms with Crippen molar-refractivity contribution in [3.8, 4) is 0 Å². The first-order valence-electron chi connectivity index (χ1n) is 5.75. The molecule has 0 fully saturated rings. The predicted octanol–water partition coefficient (Wildman–Crippen LogP) is 1.99. The molecule has 1 rings (SSSR count). The molecule has 0 aliphatic rings. The maximum atomic E-state index is 11.9. The maximum Gasteiger partial charge on any atom is 0.345 e. The Morgan fingerprint density at radius 1 is 1.44 bits per heavy atom. The molecule has 0 amide bonds. The van der Waals surface area contributed by atoms with Gasteiger partial charge in [0.25, 0.3) is 0 Å². The van der Waals surface area contributed by atoms with E-state index in [2.05, 4.69) is 0 Å². The number of ether oxygens (including phenoxy) is 1. The number of aliphatic carboxylic acids is 1. The highest BCUT2D eigenvalue weighted by Gasteiger charge is 2.22. The standard InChI is InChI=1S/C13H17NO4/c1-3-4-11(12(15)16)18-13(17)10-7-9(14)6-5-8(10)2/h5-7,11H,3-4,14H2,1-2H3,(H,15,16). The van der Waals surface area contributed by atoms with Crippen molar-refractivity contribution in [1.82, 2.24) is 0 Å². The Morgan fingerprint density at radius 2 is 2.11 bits per heavy atom.